The maximum atomic E-state index is 12.6. The van der Waals surface area contributed by atoms with Gasteiger partial charge in [0, 0.05) is 13.1 Å². The molecule has 0 aliphatic rings. The number of nitrogens with two attached hydrogens (primary N) is 1. The summed E-state index contributed by atoms with van der Waals surface area (Å²) in [7, 11) is 0. The first-order valence-corrected chi connectivity index (χ1v) is 9.12. The summed E-state index contributed by atoms with van der Waals surface area (Å²) in [4.78, 5) is 14.6. The van der Waals surface area contributed by atoms with Crippen molar-refractivity contribution < 1.29 is 4.79 Å². The van der Waals surface area contributed by atoms with Gasteiger partial charge in [-0.25, -0.2) is 0 Å². The number of carbonyl (C=O) groups is 1. The minimum Gasteiger partial charge on any atom is -0.341 e. The van der Waals surface area contributed by atoms with Crippen molar-refractivity contribution in [2.24, 2.45) is 11.7 Å². The Kier molecular flexibility index (Phi) is 12.8. The van der Waals surface area contributed by atoms with Gasteiger partial charge in [-0.2, -0.15) is 0 Å². The average Bonchev–Trinajstić information content (AvgIpc) is 2.51. The summed E-state index contributed by atoms with van der Waals surface area (Å²) in [5.74, 6) is 0.434. The van der Waals surface area contributed by atoms with Crippen LogP contribution in [0.4, 0.5) is 0 Å². The monoisotopic (exact) mass is 298 g/mol. The quantitative estimate of drug-likeness (QED) is 0.514. The van der Waals surface area contributed by atoms with Crippen LogP contribution in [0.5, 0.6) is 0 Å². The third kappa shape index (κ3) is 9.13. The molecule has 2 atom stereocenters. The Labute approximate surface area is 132 Å². The maximum absolute atomic E-state index is 12.6. The van der Waals surface area contributed by atoms with Crippen molar-refractivity contribution in [1.82, 2.24) is 4.90 Å². The Balaban J connectivity index is 4.35. The van der Waals surface area contributed by atoms with Gasteiger partial charge in [0.05, 0.1) is 6.04 Å². The normalized spacial score (nSPS) is 14.0. The molecule has 0 aliphatic carbocycles. The van der Waals surface area contributed by atoms with Crippen LogP contribution in [0.1, 0.15) is 85.5 Å². The zero-order valence-electron chi connectivity index (χ0n) is 14.9. The van der Waals surface area contributed by atoms with Crippen LogP contribution in [-0.2, 0) is 4.79 Å². The molecule has 0 aliphatic heterocycles. The van der Waals surface area contributed by atoms with E-state index in [0.717, 1.165) is 32.4 Å². The van der Waals surface area contributed by atoms with E-state index in [9.17, 15) is 4.79 Å². The van der Waals surface area contributed by atoms with E-state index in [1.807, 2.05) is 4.90 Å². The van der Waals surface area contributed by atoms with E-state index in [1.54, 1.807) is 0 Å². The zero-order chi connectivity index (χ0) is 16.1. The molecule has 0 bridgehead atoms. The molecular weight excluding hydrogens is 260 g/mol. The van der Waals surface area contributed by atoms with Crippen molar-refractivity contribution in [3.05, 3.63) is 0 Å². The lowest BCUT2D eigenvalue weighted by atomic mass is 9.98. The molecule has 0 rings (SSSR count). The van der Waals surface area contributed by atoms with Crippen molar-refractivity contribution in [3.63, 3.8) is 0 Å². The number of hydrogen-bond acceptors (Lipinski definition) is 2. The van der Waals surface area contributed by atoms with Crippen LogP contribution in [-0.4, -0.2) is 29.9 Å². The third-order valence-corrected chi connectivity index (χ3v) is 4.42. The summed E-state index contributed by atoms with van der Waals surface area (Å²) in [6, 6.07) is -0.327. The second-order valence-electron chi connectivity index (χ2n) is 6.36. The molecular formula is C18H38N2O. The van der Waals surface area contributed by atoms with Crippen LogP contribution < -0.4 is 5.73 Å². The molecule has 0 fully saturated rings. The molecule has 2 N–H and O–H groups in total. The van der Waals surface area contributed by atoms with Gasteiger partial charge in [-0.05, 0) is 18.8 Å². The second-order valence-corrected chi connectivity index (χ2v) is 6.36. The highest BCUT2D eigenvalue weighted by Crippen LogP contribution is 2.12. The van der Waals surface area contributed by atoms with Crippen molar-refractivity contribution in [2.75, 3.05) is 13.1 Å². The van der Waals surface area contributed by atoms with Gasteiger partial charge in [-0.1, -0.05) is 72.6 Å². The summed E-state index contributed by atoms with van der Waals surface area (Å²) < 4.78 is 0. The Bertz CT molecular complexity index is 244. The van der Waals surface area contributed by atoms with E-state index >= 15 is 0 Å². The average molecular weight is 299 g/mol. The van der Waals surface area contributed by atoms with Crippen LogP contribution >= 0.6 is 0 Å². The van der Waals surface area contributed by atoms with Gasteiger partial charge in [0.15, 0.2) is 0 Å². The summed E-state index contributed by atoms with van der Waals surface area (Å²) in [5.41, 5.74) is 6.14. The van der Waals surface area contributed by atoms with Crippen LogP contribution in [0.25, 0.3) is 0 Å². The van der Waals surface area contributed by atoms with Crippen molar-refractivity contribution in [1.29, 1.82) is 0 Å². The van der Waals surface area contributed by atoms with Crippen LogP contribution in [0.2, 0.25) is 0 Å². The molecule has 0 aromatic heterocycles. The number of amides is 1. The first kappa shape index (κ1) is 20.4. The summed E-state index contributed by atoms with van der Waals surface area (Å²) in [5, 5.41) is 0. The molecule has 0 saturated carbocycles. The highest BCUT2D eigenvalue weighted by atomic mass is 16.2. The fourth-order valence-electron chi connectivity index (χ4n) is 2.50. The topological polar surface area (TPSA) is 46.3 Å². The van der Waals surface area contributed by atoms with Gasteiger partial charge in [0.1, 0.15) is 0 Å². The van der Waals surface area contributed by atoms with Crippen LogP contribution in [0, 0.1) is 5.92 Å². The van der Waals surface area contributed by atoms with Gasteiger partial charge in [-0.15, -0.1) is 0 Å². The van der Waals surface area contributed by atoms with E-state index in [2.05, 4.69) is 27.7 Å². The molecule has 0 saturated heterocycles. The Morgan fingerprint density at radius 1 is 0.905 bits per heavy atom. The second kappa shape index (κ2) is 13.1. The summed E-state index contributed by atoms with van der Waals surface area (Å²) in [6.45, 7) is 10.4. The van der Waals surface area contributed by atoms with Gasteiger partial charge in [-0.3, -0.25) is 4.79 Å². The molecule has 3 heteroatoms. The van der Waals surface area contributed by atoms with E-state index in [-0.39, 0.29) is 17.9 Å². The van der Waals surface area contributed by atoms with Crippen LogP contribution in [0.3, 0.4) is 0 Å². The first-order valence-electron chi connectivity index (χ1n) is 9.12. The SMILES string of the molecule is CCCCCCN(CCCCCC)C(=O)C(N)C(C)CC. The zero-order valence-corrected chi connectivity index (χ0v) is 14.9. The van der Waals surface area contributed by atoms with Crippen molar-refractivity contribution >= 4 is 5.91 Å². The molecule has 0 aromatic carbocycles. The van der Waals surface area contributed by atoms with E-state index < -0.39 is 0 Å². The standard InChI is InChI=1S/C18H38N2O/c1-5-8-10-12-14-20(15-13-11-9-6-2)18(21)17(19)16(4)7-3/h16-17H,5-15,19H2,1-4H3. The third-order valence-electron chi connectivity index (χ3n) is 4.42. The van der Waals surface area contributed by atoms with Gasteiger partial charge in [0.25, 0.3) is 0 Å². The molecule has 2 unspecified atom stereocenters. The van der Waals surface area contributed by atoms with Gasteiger partial charge < -0.3 is 10.6 Å². The number of hydrogen-bond donors (Lipinski definition) is 1. The van der Waals surface area contributed by atoms with Crippen LogP contribution in [0.15, 0.2) is 0 Å². The molecule has 1 amide bonds. The molecule has 0 aromatic rings. The minimum absolute atomic E-state index is 0.164. The molecule has 21 heavy (non-hydrogen) atoms. The minimum atomic E-state index is -0.327. The van der Waals surface area contributed by atoms with Crippen molar-refractivity contribution in [2.45, 2.75) is 91.5 Å². The summed E-state index contributed by atoms with van der Waals surface area (Å²) in [6.07, 6.45) is 10.6. The highest BCUT2D eigenvalue weighted by molar-refractivity contribution is 5.81. The number of rotatable bonds is 13. The molecule has 0 spiro atoms. The fraction of sp³-hybridized carbons (Fsp3) is 0.944. The highest BCUT2D eigenvalue weighted by Gasteiger charge is 2.24. The van der Waals surface area contributed by atoms with Crippen molar-refractivity contribution in [3.8, 4) is 0 Å². The largest absolute Gasteiger partial charge is 0.341 e. The first-order chi connectivity index (χ1) is 10.1. The predicted molar refractivity (Wildman–Crippen MR) is 92.3 cm³/mol. The molecule has 3 nitrogen and oxygen atoms in total. The van der Waals surface area contributed by atoms with E-state index in [0.29, 0.717) is 0 Å². The maximum Gasteiger partial charge on any atom is 0.239 e. The predicted octanol–water partition coefficient (Wildman–Crippen LogP) is 4.35. The lowest BCUT2D eigenvalue weighted by molar-refractivity contribution is -0.134. The lowest BCUT2D eigenvalue weighted by Crippen LogP contribution is -2.47. The van der Waals surface area contributed by atoms with Gasteiger partial charge in [0.2, 0.25) is 5.91 Å². The molecule has 126 valence electrons. The summed E-state index contributed by atoms with van der Waals surface area (Å²) >= 11 is 0. The molecule has 0 radical (unpaired) electrons. The smallest absolute Gasteiger partial charge is 0.239 e. The number of unbranched alkanes of at least 4 members (excludes halogenated alkanes) is 6. The Morgan fingerprint density at radius 3 is 1.76 bits per heavy atom. The van der Waals surface area contributed by atoms with E-state index in [4.69, 9.17) is 5.73 Å². The molecule has 0 heterocycles. The Morgan fingerprint density at radius 2 is 1.38 bits per heavy atom. The van der Waals surface area contributed by atoms with Gasteiger partial charge >= 0.3 is 0 Å². The lowest BCUT2D eigenvalue weighted by Gasteiger charge is -2.28. The fourth-order valence-corrected chi connectivity index (χ4v) is 2.50. The Hall–Kier alpha value is -0.570. The number of nitrogens with zero attached hydrogens (tertiary/aromatic N) is 1. The number of carbonyl (C=O) groups excluding carboxylic acids is 1. The van der Waals surface area contributed by atoms with E-state index in [1.165, 1.54) is 38.5 Å².